The highest BCUT2D eigenvalue weighted by atomic mass is 15.2. The highest BCUT2D eigenvalue weighted by molar-refractivity contribution is 5.59. The Kier molecular flexibility index (Phi) is 4.52. The third-order valence-electron chi connectivity index (χ3n) is 2.62. The van der Waals surface area contributed by atoms with Crippen LogP contribution in [-0.2, 0) is 0 Å². The van der Waals surface area contributed by atoms with E-state index in [1.165, 1.54) is 6.42 Å². The summed E-state index contributed by atoms with van der Waals surface area (Å²) in [7, 11) is 1.90. The lowest BCUT2D eigenvalue weighted by molar-refractivity contribution is 0.606. The molecule has 0 bridgehead atoms. The molecular formula is C12H22N4. The highest BCUT2D eigenvalue weighted by Gasteiger charge is 2.19. The smallest absolute Gasteiger partial charge is 0.137 e. The molecule has 0 aliphatic carbocycles. The molecule has 0 unspecified atom stereocenters. The summed E-state index contributed by atoms with van der Waals surface area (Å²) in [6.07, 6.45) is 1.28. The molecule has 0 atom stereocenters. The second-order valence-corrected chi connectivity index (χ2v) is 3.66. The maximum atomic E-state index is 4.48. The summed E-state index contributed by atoms with van der Waals surface area (Å²) < 4.78 is 0. The molecule has 2 heterocycles. The maximum Gasteiger partial charge on any atom is 0.137 e. The Balaban J connectivity index is 0.000000606. The fourth-order valence-electron chi connectivity index (χ4n) is 1.69. The first kappa shape index (κ1) is 12.7. The van der Waals surface area contributed by atoms with Crippen LogP contribution in [0.2, 0.25) is 0 Å². The van der Waals surface area contributed by atoms with Gasteiger partial charge in [-0.05, 0) is 20.3 Å². The summed E-state index contributed by atoms with van der Waals surface area (Å²) in [6, 6.07) is 0. The van der Waals surface area contributed by atoms with Crippen molar-refractivity contribution in [2.45, 2.75) is 34.1 Å². The van der Waals surface area contributed by atoms with Crippen LogP contribution in [0.25, 0.3) is 0 Å². The van der Waals surface area contributed by atoms with Crippen molar-refractivity contribution < 1.29 is 0 Å². The molecule has 1 aromatic heterocycles. The van der Waals surface area contributed by atoms with Crippen molar-refractivity contribution in [3.63, 3.8) is 0 Å². The molecule has 4 nitrogen and oxygen atoms in total. The van der Waals surface area contributed by atoms with E-state index in [1.807, 2.05) is 27.8 Å². The van der Waals surface area contributed by atoms with E-state index in [0.717, 1.165) is 36.1 Å². The SMILES string of the molecule is CC.CNc1nc(C)nc(N2CCC2)c1C. The quantitative estimate of drug-likeness (QED) is 0.834. The zero-order valence-corrected chi connectivity index (χ0v) is 11.0. The standard InChI is InChI=1S/C10H16N4.C2H6/c1-7-9(11-3)12-8(2)13-10(7)14-5-4-6-14;1-2/h4-6H2,1-3H3,(H,11,12,13);1-2H3. The molecule has 1 N–H and O–H groups in total. The molecule has 1 aliphatic rings. The molecule has 0 aromatic carbocycles. The van der Waals surface area contributed by atoms with Gasteiger partial charge >= 0.3 is 0 Å². The average Bonchev–Trinajstić information content (AvgIpc) is 2.23. The minimum atomic E-state index is 0.835. The Morgan fingerprint density at radius 2 is 1.75 bits per heavy atom. The number of aryl methyl sites for hydroxylation is 1. The predicted octanol–water partition coefficient (Wildman–Crippen LogP) is 2.37. The van der Waals surface area contributed by atoms with Crippen molar-refractivity contribution in [2.24, 2.45) is 0 Å². The van der Waals surface area contributed by atoms with Crippen LogP contribution in [0.15, 0.2) is 0 Å². The summed E-state index contributed by atoms with van der Waals surface area (Å²) in [5, 5.41) is 3.10. The third-order valence-corrected chi connectivity index (χ3v) is 2.62. The van der Waals surface area contributed by atoms with E-state index in [-0.39, 0.29) is 0 Å². The van der Waals surface area contributed by atoms with Gasteiger partial charge in [-0.2, -0.15) is 0 Å². The Hall–Kier alpha value is -1.32. The highest BCUT2D eigenvalue weighted by Crippen LogP contribution is 2.26. The minimum Gasteiger partial charge on any atom is -0.373 e. The number of nitrogens with zero attached hydrogens (tertiary/aromatic N) is 3. The Morgan fingerprint density at radius 3 is 2.19 bits per heavy atom. The van der Waals surface area contributed by atoms with Crippen molar-refractivity contribution >= 4 is 11.6 Å². The van der Waals surface area contributed by atoms with Gasteiger partial charge in [0.05, 0.1) is 0 Å². The molecule has 0 amide bonds. The van der Waals surface area contributed by atoms with Gasteiger partial charge in [-0.3, -0.25) is 0 Å². The number of hydrogen-bond acceptors (Lipinski definition) is 4. The molecule has 0 spiro atoms. The molecule has 1 aromatic rings. The van der Waals surface area contributed by atoms with E-state index >= 15 is 0 Å². The molecule has 90 valence electrons. The zero-order valence-electron chi connectivity index (χ0n) is 11.0. The lowest BCUT2D eigenvalue weighted by Gasteiger charge is -2.33. The molecule has 0 radical (unpaired) electrons. The van der Waals surface area contributed by atoms with Crippen LogP contribution < -0.4 is 10.2 Å². The van der Waals surface area contributed by atoms with Crippen molar-refractivity contribution in [1.82, 2.24) is 9.97 Å². The number of rotatable bonds is 2. The molecule has 4 heteroatoms. The van der Waals surface area contributed by atoms with Crippen LogP contribution in [-0.4, -0.2) is 30.1 Å². The summed E-state index contributed by atoms with van der Waals surface area (Å²) in [5.41, 5.74) is 1.15. The number of nitrogens with one attached hydrogen (secondary N) is 1. The maximum absolute atomic E-state index is 4.48. The fourth-order valence-corrected chi connectivity index (χ4v) is 1.69. The van der Waals surface area contributed by atoms with E-state index in [2.05, 4.69) is 27.1 Å². The van der Waals surface area contributed by atoms with Crippen LogP contribution >= 0.6 is 0 Å². The summed E-state index contributed by atoms with van der Waals surface area (Å²) in [6.45, 7) is 10.3. The van der Waals surface area contributed by atoms with Crippen LogP contribution in [0, 0.1) is 13.8 Å². The Morgan fingerprint density at radius 1 is 1.12 bits per heavy atom. The van der Waals surface area contributed by atoms with Gasteiger partial charge in [0.25, 0.3) is 0 Å². The van der Waals surface area contributed by atoms with Crippen LogP contribution in [0.3, 0.4) is 0 Å². The lowest BCUT2D eigenvalue weighted by Crippen LogP contribution is -2.38. The van der Waals surface area contributed by atoms with E-state index < -0.39 is 0 Å². The normalized spacial score (nSPS) is 13.7. The van der Waals surface area contributed by atoms with Crippen LogP contribution in [0.5, 0.6) is 0 Å². The van der Waals surface area contributed by atoms with E-state index in [1.54, 1.807) is 0 Å². The van der Waals surface area contributed by atoms with Crippen molar-refractivity contribution in [2.75, 3.05) is 30.4 Å². The largest absolute Gasteiger partial charge is 0.373 e. The third kappa shape index (κ3) is 2.43. The fraction of sp³-hybridized carbons (Fsp3) is 0.667. The molecule has 1 saturated heterocycles. The summed E-state index contributed by atoms with van der Waals surface area (Å²) in [5.74, 6) is 2.87. The summed E-state index contributed by atoms with van der Waals surface area (Å²) in [4.78, 5) is 11.1. The minimum absolute atomic E-state index is 0.835. The van der Waals surface area contributed by atoms with Crippen LogP contribution in [0.1, 0.15) is 31.7 Å². The molecule has 0 saturated carbocycles. The molecule has 2 rings (SSSR count). The molecule has 16 heavy (non-hydrogen) atoms. The van der Waals surface area contributed by atoms with Gasteiger partial charge < -0.3 is 10.2 Å². The van der Waals surface area contributed by atoms with Gasteiger partial charge in [-0.25, -0.2) is 9.97 Å². The predicted molar refractivity (Wildman–Crippen MR) is 69.2 cm³/mol. The van der Waals surface area contributed by atoms with Crippen molar-refractivity contribution in [3.05, 3.63) is 11.4 Å². The van der Waals surface area contributed by atoms with Crippen LogP contribution in [0.4, 0.5) is 11.6 Å². The number of anilines is 2. The first-order valence-corrected chi connectivity index (χ1v) is 6.00. The van der Waals surface area contributed by atoms with E-state index in [0.29, 0.717) is 0 Å². The van der Waals surface area contributed by atoms with Crippen molar-refractivity contribution in [1.29, 1.82) is 0 Å². The first-order valence-electron chi connectivity index (χ1n) is 6.00. The average molecular weight is 222 g/mol. The van der Waals surface area contributed by atoms with Gasteiger partial charge in [-0.1, -0.05) is 13.8 Å². The van der Waals surface area contributed by atoms with Gasteiger partial charge in [0.15, 0.2) is 0 Å². The summed E-state index contributed by atoms with van der Waals surface area (Å²) >= 11 is 0. The lowest BCUT2D eigenvalue weighted by atomic mass is 10.2. The van der Waals surface area contributed by atoms with Crippen molar-refractivity contribution in [3.8, 4) is 0 Å². The topological polar surface area (TPSA) is 41.1 Å². The van der Waals surface area contributed by atoms with Gasteiger partial charge in [0.1, 0.15) is 17.5 Å². The Labute approximate surface area is 98.1 Å². The van der Waals surface area contributed by atoms with E-state index in [4.69, 9.17) is 0 Å². The zero-order chi connectivity index (χ0) is 12.1. The van der Waals surface area contributed by atoms with E-state index in [9.17, 15) is 0 Å². The molecule has 1 aliphatic heterocycles. The van der Waals surface area contributed by atoms with Gasteiger partial charge in [0, 0.05) is 25.7 Å². The number of aromatic nitrogens is 2. The molecule has 1 fully saturated rings. The number of hydrogen-bond donors (Lipinski definition) is 1. The second-order valence-electron chi connectivity index (χ2n) is 3.66. The Bertz CT molecular complexity index is 345. The van der Waals surface area contributed by atoms with Gasteiger partial charge in [-0.15, -0.1) is 0 Å². The monoisotopic (exact) mass is 222 g/mol. The second kappa shape index (κ2) is 5.68. The van der Waals surface area contributed by atoms with Gasteiger partial charge in [0.2, 0.25) is 0 Å². The first-order chi connectivity index (χ1) is 7.72. The molecular weight excluding hydrogens is 200 g/mol.